The summed E-state index contributed by atoms with van der Waals surface area (Å²) in [5.74, 6) is -0.343. The topological polar surface area (TPSA) is 42.1 Å². The summed E-state index contributed by atoms with van der Waals surface area (Å²) in [6.45, 7) is 2.12. The monoisotopic (exact) mass is 229 g/mol. The van der Waals surface area contributed by atoms with Crippen LogP contribution in [-0.4, -0.2) is 18.1 Å². The third-order valence-electron chi connectivity index (χ3n) is 2.81. The Morgan fingerprint density at radius 2 is 1.94 bits per heavy atom. The molecule has 0 bridgehead atoms. The Balaban J connectivity index is 2.39. The molecule has 1 N–H and O–H groups in total. The molecule has 0 fully saturated rings. The lowest BCUT2D eigenvalue weighted by molar-refractivity contribution is 0.0596. The van der Waals surface area contributed by atoms with Gasteiger partial charge in [-0.1, -0.05) is 31.2 Å². The van der Waals surface area contributed by atoms with E-state index in [9.17, 15) is 4.79 Å². The molecule has 1 aromatic heterocycles. The van der Waals surface area contributed by atoms with Crippen LogP contribution >= 0.6 is 0 Å². The molecule has 17 heavy (non-hydrogen) atoms. The van der Waals surface area contributed by atoms with E-state index >= 15 is 0 Å². The van der Waals surface area contributed by atoms with E-state index in [1.54, 1.807) is 6.20 Å². The van der Waals surface area contributed by atoms with Crippen LogP contribution in [0.25, 0.3) is 11.1 Å². The average molecular weight is 229 g/mol. The highest BCUT2D eigenvalue weighted by Gasteiger charge is 2.13. The van der Waals surface area contributed by atoms with Gasteiger partial charge in [-0.05, 0) is 23.6 Å². The highest BCUT2D eigenvalue weighted by atomic mass is 16.5. The molecule has 0 saturated heterocycles. The molecular weight excluding hydrogens is 214 g/mol. The highest BCUT2D eigenvalue weighted by Crippen LogP contribution is 2.24. The lowest BCUT2D eigenvalue weighted by Gasteiger charge is -2.04. The predicted molar refractivity (Wildman–Crippen MR) is 66.9 cm³/mol. The van der Waals surface area contributed by atoms with Gasteiger partial charge in [0.15, 0.2) is 0 Å². The van der Waals surface area contributed by atoms with Crippen molar-refractivity contribution in [2.24, 2.45) is 0 Å². The van der Waals surface area contributed by atoms with Gasteiger partial charge in [0.2, 0.25) is 0 Å². The first-order chi connectivity index (χ1) is 8.26. The Labute approximate surface area is 100 Å². The normalized spacial score (nSPS) is 10.2. The maximum Gasteiger partial charge on any atom is 0.355 e. The molecular formula is C14H15NO2. The molecule has 3 heteroatoms. The van der Waals surface area contributed by atoms with Gasteiger partial charge in [0.1, 0.15) is 5.69 Å². The molecule has 0 saturated carbocycles. The third kappa shape index (κ3) is 2.23. The number of carbonyl (C=O) groups excluding carboxylic acids is 1. The van der Waals surface area contributed by atoms with E-state index in [4.69, 9.17) is 4.74 Å². The summed E-state index contributed by atoms with van der Waals surface area (Å²) in [4.78, 5) is 14.4. The van der Waals surface area contributed by atoms with Crippen LogP contribution in [0.3, 0.4) is 0 Å². The number of rotatable bonds is 3. The predicted octanol–water partition coefficient (Wildman–Crippen LogP) is 3.03. The summed E-state index contributed by atoms with van der Waals surface area (Å²) >= 11 is 0. The minimum absolute atomic E-state index is 0.343. The largest absolute Gasteiger partial charge is 0.464 e. The van der Waals surface area contributed by atoms with Crippen molar-refractivity contribution in [2.75, 3.05) is 7.11 Å². The first-order valence-corrected chi connectivity index (χ1v) is 5.61. The fraction of sp³-hybridized carbons (Fsp3) is 0.214. The van der Waals surface area contributed by atoms with Gasteiger partial charge in [-0.2, -0.15) is 0 Å². The quantitative estimate of drug-likeness (QED) is 0.822. The van der Waals surface area contributed by atoms with Crippen molar-refractivity contribution < 1.29 is 9.53 Å². The number of aryl methyl sites for hydroxylation is 1. The second kappa shape index (κ2) is 4.87. The Hall–Kier alpha value is -2.03. The lowest BCUT2D eigenvalue weighted by atomic mass is 10.0. The van der Waals surface area contributed by atoms with Crippen molar-refractivity contribution in [1.82, 2.24) is 4.98 Å². The molecule has 0 unspecified atom stereocenters. The zero-order valence-corrected chi connectivity index (χ0v) is 9.99. The molecule has 0 aliphatic rings. The van der Waals surface area contributed by atoms with Crippen LogP contribution < -0.4 is 0 Å². The zero-order valence-electron chi connectivity index (χ0n) is 9.99. The second-order valence-electron chi connectivity index (χ2n) is 3.81. The number of nitrogens with one attached hydrogen (secondary N) is 1. The van der Waals surface area contributed by atoms with Gasteiger partial charge in [-0.25, -0.2) is 4.79 Å². The molecule has 2 aromatic rings. The number of aromatic amines is 1. The van der Waals surface area contributed by atoms with Gasteiger partial charge in [-0.3, -0.25) is 0 Å². The Morgan fingerprint density at radius 1 is 1.24 bits per heavy atom. The molecule has 2 rings (SSSR count). The van der Waals surface area contributed by atoms with E-state index in [2.05, 4.69) is 24.0 Å². The van der Waals surface area contributed by atoms with Gasteiger partial charge in [-0.15, -0.1) is 0 Å². The van der Waals surface area contributed by atoms with Gasteiger partial charge in [0.25, 0.3) is 0 Å². The third-order valence-corrected chi connectivity index (χ3v) is 2.81. The summed E-state index contributed by atoms with van der Waals surface area (Å²) in [7, 11) is 1.38. The van der Waals surface area contributed by atoms with Gasteiger partial charge < -0.3 is 9.72 Å². The van der Waals surface area contributed by atoms with Crippen LogP contribution in [0.2, 0.25) is 0 Å². The summed E-state index contributed by atoms with van der Waals surface area (Å²) in [6.07, 6.45) is 2.76. The van der Waals surface area contributed by atoms with E-state index < -0.39 is 0 Å². The summed E-state index contributed by atoms with van der Waals surface area (Å²) < 4.78 is 4.73. The Bertz CT molecular complexity index is 511. The maximum atomic E-state index is 11.5. The molecule has 1 aromatic carbocycles. The molecule has 0 aliphatic heterocycles. The van der Waals surface area contributed by atoms with Crippen molar-refractivity contribution in [3.05, 3.63) is 47.8 Å². The van der Waals surface area contributed by atoms with Crippen molar-refractivity contribution in [3.63, 3.8) is 0 Å². The Morgan fingerprint density at radius 3 is 2.53 bits per heavy atom. The van der Waals surface area contributed by atoms with Crippen LogP contribution in [0.4, 0.5) is 0 Å². The van der Waals surface area contributed by atoms with E-state index in [-0.39, 0.29) is 5.97 Å². The number of hydrogen-bond donors (Lipinski definition) is 1. The average Bonchev–Trinajstić information content (AvgIpc) is 2.87. The van der Waals surface area contributed by atoms with Crippen molar-refractivity contribution in [2.45, 2.75) is 13.3 Å². The standard InChI is InChI=1S/C14H15NO2/c1-3-10-4-6-11(7-5-10)12-8-9-15-13(12)14(16)17-2/h4-9,15H,3H2,1-2H3. The van der Waals surface area contributed by atoms with Crippen molar-refractivity contribution in [3.8, 4) is 11.1 Å². The van der Waals surface area contributed by atoms with Gasteiger partial charge in [0, 0.05) is 11.8 Å². The molecule has 1 heterocycles. The summed E-state index contributed by atoms with van der Waals surface area (Å²) in [6, 6.07) is 10.1. The lowest BCUT2D eigenvalue weighted by Crippen LogP contribution is -2.03. The molecule has 0 spiro atoms. The fourth-order valence-electron chi connectivity index (χ4n) is 1.80. The van der Waals surface area contributed by atoms with Gasteiger partial charge >= 0.3 is 5.97 Å². The summed E-state index contributed by atoms with van der Waals surface area (Å²) in [5, 5.41) is 0. The number of methoxy groups -OCH3 is 1. The van der Waals surface area contributed by atoms with E-state index in [0.717, 1.165) is 17.5 Å². The fourth-order valence-corrected chi connectivity index (χ4v) is 1.80. The van der Waals surface area contributed by atoms with Crippen LogP contribution in [0.1, 0.15) is 23.0 Å². The summed E-state index contributed by atoms with van der Waals surface area (Å²) in [5.41, 5.74) is 3.67. The number of ether oxygens (including phenoxy) is 1. The number of hydrogen-bond acceptors (Lipinski definition) is 2. The zero-order chi connectivity index (χ0) is 12.3. The molecule has 88 valence electrons. The molecule has 3 nitrogen and oxygen atoms in total. The number of carbonyl (C=O) groups is 1. The number of benzene rings is 1. The number of esters is 1. The van der Waals surface area contributed by atoms with Crippen molar-refractivity contribution in [1.29, 1.82) is 0 Å². The molecule has 0 aliphatic carbocycles. The first-order valence-electron chi connectivity index (χ1n) is 5.61. The second-order valence-corrected chi connectivity index (χ2v) is 3.81. The number of aromatic nitrogens is 1. The smallest absolute Gasteiger partial charge is 0.355 e. The van der Waals surface area contributed by atoms with Crippen LogP contribution in [0, 0.1) is 0 Å². The van der Waals surface area contributed by atoms with E-state index in [1.807, 2.05) is 18.2 Å². The van der Waals surface area contributed by atoms with Crippen LogP contribution in [-0.2, 0) is 11.2 Å². The molecule has 0 radical (unpaired) electrons. The van der Waals surface area contributed by atoms with E-state index in [1.165, 1.54) is 12.7 Å². The van der Waals surface area contributed by atoms with Gasteiger partial charge in [0.05, 0.1) is 7.11 Å². The minimum Gasteiger partial charge on any atom is -0.464 e. The van der Waals surface area contributed by atoms with E-state index in [0.29, 0.717) is 5.69 Å². The SMILES string of the molecule is CCc1ccc(-c2cc[nH]c2C(=O)OC)cc1. The molecule has 0 atom stereocenters. The molecule has 0 amide bonds. The Kier molecular flexibility index (Phi) is 3.28. The minimum atomic E-state index is -0.343. The first kappa shape index (κ1) is 11.5. The van der Waals surface area contributed by atoms with Crippen molar-refractivity contribution >= 4 is 5.97 Å². The van der Waals surface area contributed by atoms with Crippen LogP contribution in [0.15, 0.2) is 36.5 Å². The maximum absolute atomic E-state index is 11.5. The van der Waals surface area contributed by atoms with Crippen LogP contribution in [0.5, 0.6) is 0 Å². The highest BCUT2D eigenvalue weighted by molar-refractivity contribution is 5.95. The number of H-pyrrole nitrogens is 1.